The van der Waals surface area contributed by atoms with Gasteiger partial charge < -0.3 is 0 Å². The predicted molar refractivity (Wildman–Crippen MR) is 89.2 cm³/mol. The maximum absolute atomic E-state index is 2.53. The van der Waals surface area contributed by atoms with Gasteiger partial charge in [0.15, 0.2) is 0 Å². The first kappa shape index (κ1) is 14.1. The molecule has 0 aliphatic heterocycles. The number of hydrogen-bond donors (Lipinski definition) is 0. The van der Waals surface area contributed by atoms with Crippen molar-refractivity contribution < 1.29 is 0 Å². The standard InChI is InChI=1S/C16H17ISe/c17-12-15(11-14-7-3-1-4-8-14)13-18-16-9-5-2-6-10-16/h1-10,15H,11-13H2. The zero-order chi connectivity index (χ0) is 12.6. The molecule has 0 N–H and O–H groups in total. The molecule has 94 valence electrons. The fourth-order valence-electron chi connectivity index (χ4n) is 1.84. The van der Waals surface area contributed by atoms with Crippen LogP contribution in [0.5, 0.6) is 0 Å². The van der Waals surface area contributed by atoms with E-state index in [1.54, 1.807) is 0 Å². The summed E-state index contributed by atoms with van der Waals surface area (Å²) in [6.45, 7) is 0. The van der Waals surface area contributed by atoms with Gasteiger partial charge in [-0.15, -0.1) is 0 Å². The number of hydrogen-bond acceptors (Lipinski definition) is 0. The summed E-state index contributed by atoms with van der Waals surface area (Å²) in [6.07, 6.45) is 1.22. The van der Waals surface area contributed by atoms with Crippen molar-refractivity contribution in [3.63, 3.8) is 0 Å². The van der Waals surface area contributed by atoms with Crippen molar-refractivity contribution in [1.29, 1.82) is 0 Å². The van der Waals surface area contributed by atoms with E-state index in [0.29, 0.717) is 15.0 Å². The van der Waals surface area contributed by atoms with E-state index in [4.69, 9.17) is 0 Å². The summed E-state index contributed by atoms with van der Waals surface area (Å²) in [7, 11) is 0. The number of halogens is 1. The molecule has 1 atom stereocenters. The molecule has 0 radical (unpaired) electrons. The molecular formula is C16H17ISe. The summed E-state index contributed by atoms with van der Waals surface area (Å²) in [6, 6.07) is 21.8. The van der Waals surface area contributed by atoms with Crippen molar-refractivity contribution in [3.05, 3.63) is 66.2 Å². The van der Waals surface area contributed by atoms with Gasteiger partial charge in [-0.3, -0.25) is 0 Å². The normalized spacial score (nSPS) is 12.3. The van der Waals surface area contributed by atoms with Crippen LogP contribution < -0.4 is 4.46 Å². The third-order valence-electron chi connectivity index (χ3n) is 2.81. The van der Waals surface area contributed by atoms with E-state index in [1.807, 2.05) is 0 Å². The molecule has 18 heavy (non-hydrogen) atoms. The van der Waals surface area contributed by atoms with E-state index in [2.05, 4.69) is 83.3 Å². The SMILES string of the molecule is ICC(C[Se]c1ccccc1)Cc1ccccc1. The molecule has 0 spiro atoms. The van der Waals surface area contributed by atoms with Crippen LogP contribution in [0.1, 0.15) is 5.56 Å². The van der Waals surface area contributed by atoms with Crippen LogP contribution in [0.25, 0.3) is 0 Å². The molecule has 0 amide bonds. The molecule has 0 saturated heterocycles. The quantitative estimate of drug-likeness (QED) is 0.383. The van der Waals surface area contributed by atoms with E-state index in [9.17, 15) is 0 Å². The van der Waals surface area contributed by atoms with Crippen LogP contribution in [-0.2, 0) is 6.42 Å². The van der Waals surface area contributed by atoms with Crippen LogP contribution >= 0.6 is 22.6 Å². The summed E-state index contributed by atoms with van der Waals surface area (Å²) in [5.74, 6) is 0.813. The van der Waals surface area contributed by atoms with E-state index in [1.165, 1.54) is 26.2 Å². The summed E-state index contributed by atoms with van der Waals surface area (Å²) < 4.78 is 2.77. The molecule has 0 bridgehead atoms. The maximum atomic E-state index is 2.53. The van der Waals surface area contributed by atoms with Crippen LogP contribution in [0.3, 0.4) is 0 Å². The molecule has 0 heterocycles. The molecule has 0 aliphatic rings. The van der Waals surface area contributed by atoms with E-state index in [0.717, 1.165) is 5.92 Å². The molecule has 2 aromatic carbocycles. The van der Waals surface area contributed by atoms with Gasteiger partial charge in [0.2, 0.25) is 0 Å². The zero-order valence-corrected chi connectivity index (χ0v) is 14.1. The third kappa shape index (κ3) is 4.75. The molecule has 0 aromatic heterocycles. The average molecular weight is 415 g/mol. The van der Waals surface area contributed by atoms with Crippen molar-refractivity contribution in [2.45, 2.75) is 11.7 Å². The van der Waals surface area contributed by atoms with Crippen molar-refractivity contribution in [2.75, 3.05) is 4.43 Å². The summed E-state index contributed by atoms with van der Waals surface area (Å²) in [5, 5.41) is 1.34. The Morgan fingerprint density at radius 1 is 0.889 bits per heavy atom. The van der Waals surface area contributed by atoms with E-state index in [-0.39, 0.29) is 0 Å². The Kier molecular flexibility index (Phi) is 6.25. The molecule has 0 saturated carbocycles. The summed E-state index contributed by atoms with van der Waals surface area (Å²) in [4.78, 5) is 0. The monoisotopic (exact) mass is 416 g/mol. The Morgan fingerprint density at radius 3 is 2.11 bits per heavy atom. The second-order valence-electron chi connectivity index (χ2n) is 4.33. The molecule has 0 fully saturated rings. The first-order valence-corrected chi connectivity index (χ1v) is 9.75. The second-order valence-corrected chi connectivity index (χ2v) is 7.51. The van der Waals surface area contributed by atoms with Gasteiger partial charge >= 0.3 is 130 Å². The van der Waals surface area contributed by atoms with Gasteiger partial charge in [-0.05, 0) is 0 Å². The molecule has 2 aromatic rings. The van der Waals surface area contributed by atoms with Crippen LogP contribution in [0.15, 0.2) is 60.7 Å². The average Bonchev–Trinajstić information content (AvgIpc) is 2.45. The predicted octanol–water partition coefficient (Wildman–Crippen LogP) is 3.73. The Hall–Kier alpha value is -0.311. The molecule has 2 rings (SSSR count). The fraction of sp³-hybridized carbons (Fsp3) is 0.250. The van der Waals surface area contributed by atoms with Crippen molar-refractivity contribution in [2.24, 2.45) is 5.92 Å². The molecular weight excluding hydrogens is 398 g/mol. The molecule has 1 unspecified atom stereocenters. The van der Waals surface area contributed by atoms with Gasteiger partial charge in [-0.25, -0.2) is 0 Å². The Labute approximate surface area is 129 Å². The van der Waals surface area contributed by atoms with Crippen LogP contribution in [0.4, 0.5) is 0 Å². The summed E-state index contributed by atoms with van der Waals surface area (Å²) >= 11 is 3.15. The van der Waals surface area contributed by atoms with Crippen molar-refractivity contribution in [3.8, 4) is 0 Å². The van der Waals surface area contributed by atoms with Crippen LogP contribution in [-0.4, -0.2) is 19.4 Å². The Morgan fingerprint density at radius 2 is 1.50 bits per heavy atom. The summed E-state index contributed by atoms with van der Waals surface area (Å²) in [5.41, 5.74) is 1.48. The molecule has 2 heteroatoms. The second kappa shape index (κ2) is 7.98. The Balaban J connectivity index is 1.86. The third-order valence-corrected chi connectivity index (χ3v) is 6.67. The fourth-order valence-corrected chi connectivity index (χ4v) is 5.53. The molecule has 0 aliphatic carbocycles. The molecule has 0 nitrogen and oxygen atoms in total. The van der Waals surface area contributed by atoms with Crippen LogP contribution in [0, 0.1) is 5.92 Å². The van der Waals surface area contributed by atoms with Gasteiger partial charge in [-0.1, -0.05) is 0 Å². The Bertz CT molecular complexity index is 441. The van der Waals surface area contributed by atoms with Gasteiger partial charge in [-0.2, -0.15) is 0 Å². The number of benzene rings is 2. The first-order valence-electron chi connectivity index (χ1n) is 6.16. The van der Waals surface area contributed by atoms with Crippen molar-refractivity contribution in [1.82, 2.24) is 0 Å². The van der Waals surface area contributed by atoms with Gasteiger partial charge in [0, 0.05) is 0 Å². The van der Waals surface area contributed by atoms with E-state index >= 15 is 0 Å². The van der Waals surface area contributed by atoms with Gasteiger partial charge in [0.25, 0.3) is 0 Å². The zero-order valence-electron chi connectivity index (χ0n) is 10.3. The minimum absolute atomic E-state index is 0.617. The number of rotatable bonds is 6. The first-order chi connectivity index (χ1) is 8.88. The van der Waals surface area contributed by atoms with E-state index < -0.39 is 0 Å². The van der Waals surface area contributed by atoms with Crippen LogP contribution in [0.2, 0.25) is 5.32 Å². The minimum atomic E-state index is 0.617. The van der Waals surface area contributed by atoms with Crippen molar-refractivity contribution >= 4 is 42.0 Å². The topological polar surface area (TPSA) is 0 Å². The van der Waals surface area contributed by atoms with Gasteiger partial charge in [0.05, 0.1) is 0 Å². The van der Waals surface area contributed by atoms with Gasteiger partial charge in [0.1, 0.15) is 0 Å². The number of alkyl halides is 1.